The van der Waals surface area contributed by atoms with E-state index in [2.05, 4.69) is 10.1 Å². The van der Waals surface area contributed by atoms with Gasteiger partial charge in [0, 0.05) is 19.5 Å². The zero-order valence-corrected chi connectivity index (χ0v) is 15.2. The summed E-state index contributed by atoms with van der Waals surface area (Å²) in [5.41, 5.74) is 1.38. The number of alkyl halides is 2. The molecule has 2 aromatic rings. The SMILES string of the molecule is COc1ccccc1N1CC(C(=O)NCc2ccc(OC(F)F)cc2)CC1=O. The fourth-order valence-electron chi connectivity index (χ4n) is 3.09. The number of ether oxygens (including phenoxy) is 2. The van der Waals surface area contributed by atoms with Crippen LogP contribution in [0.15, 0.2) is 48.5 Å². The highest BCUT2D eigenvalue weighted by Gasteiger charge is 2.36. The van der Waals surface area contributed by atoms with Gasteiger partial charge in [0.1, 0.15) is 11.5 Å². The second-order valence-electron chi connectivity index (χ2n) is 6.32. The second kappa shape index (κ2) is 8.69. The lowest BCUT2D eigenvalue weighted by Crippen LogP contribution is -2.32. The van der Waals surface area contributed by atoms with Crippen LogP contribution < -0.4 is 19.7 Å². The summed E-state index contributed by atoms with van der Waals surface area (Å²) in [6, 6.07) is 13.2. The molecule has 1 aliphatic heterocycles. The van der Waals surface area contributed by atoms with Crippen LogP contribution in [0, 0.1) is 5.92 Å². The molecule has 1 unspecified atom stereocenters. The number of hydrogen-bond acceptors (Lipinski definition) is 4. The molecule has 1 N–H and O–H groups in total. The van der Waals surface area contributed by atoms with Gasteiger partial charge in [0.2, 0.25) is 11.8 Å². The van der Waals surface area contributed by atoms with Crippen LogP contribution in [0.3, 0.4) is 0 Å². The monoisotopic (exact) mass is 390 g/mol. The van der Waals surface area contributed by atoms with Gasteiger partial charge in [0.25, 0.3) is 0 Å². The minimum atomic E-state index is -2.88. The van der Waals surface area contributed by atoms with E-state index in [-0.39, 0.29) is 37.1 Å². The number of anilines is 1. The van der Waals surface area contributed by atoms with E-state index in [9.17, 15) is 18.4 Å². The topological polar surface area (TPSA) is 67.9 Å². The second-order valence-corrected chi connectivity index (χ2v) is 6.32. The van der Waals surface area contributed by atoms with E-state index in [4.69, 9.17) is 4.74 Å². The highest BCUT2D eigenvalue weighted by atomic mass is 19.3. The summed E-state index contributed by atoms with van der Waals surface area (Å²) in [7, 11) is 1.53. The minimum Gasteiger partial charge on any atom is -0.495 e. The van der Waals surface area contributed by atoms with E-state index >= 15 is 0 Å². The van der Waals surface area contributed by atoms with E-state index in [0.29, 0.717) is 11.4 Å². The van der Waals surface area contributed by atoms with Crippen molar-refractivity contribution in [2.45, 2.75) is 19.6 Å². The van der Waals surface area contributed by atoms with E-state index in [0.717, 1.165) is 5.56 Å². The molecule has 0 saturated carbocycles. The summed E-state index contributed by atoms with van der Waals surface area (Å²) in [4.78, 5) is 26.4. The van der Waals surface area contributed by atoms with Crippen LogP contribution in [0.25, 0.3) is 0 Å². The summed E-state index contributed by atoms with van der Waals surface area (Å²) in [5.74, 6) is -0.224. The first-order valence-electron chi connectivity index (χ1n) is 8.72. The smallest absolute Gasteiger partial charge is 0.387 e. The Kier molecular flexibility index (Phi) is 6.08. The lowest BCUT2D eigenvalue weighted by Gasteiger charge is -2.19. The van der Waals surface area contributed by atoms with Gasteiger partial charge in [-0.2, -0.15) is 8.78 Å². The lowest BCUT2D eigenvalue weighted by molar-refractivity contribution is -0.126. The molecule has 0 aromatic heterocycles. The van der Waals surface area contributed by atoms with Crippen molar-refractivity contribution in [2.24, 2.45) is 5.92 Å². The Morgan fingerprint density at radius 1 is 1.21 bits per heavy atom. The molecule has 6 nitrogen and oxygen atoms in total. The van der Waals surface area contributed by atoms with Gasteiger partial charge in [-0.3, -0.25) is 9.59 Å². The summed E-state index contributed by atoms with van der Waals surface area (Å²) < 4.78 is 33.9. The first-order valence-corrected chi connectivity index (χ1v) is 8.72. The van der Waals surface area contributed by atoms with Gasteiger partial charge >= 0.3 is 6.61 Å². The number of nitrogens with one attached hydrogen (secondary N) is 1. The zero-order valence-electron chi connectivity index (χ0n) is 15.2. The Bertz CT molecular complexity index is 842. The van der Waals surface area contributed by atoms with Crippen molar-refractivity contribution in [2.75, 3.05) is 18.6 Å². The largest absolute Gasteiger partial charge is 0.495 e. The van der Waals surface area contributed by atoms with Crippen molar-refractivity contribution in [1.82, 2.24) is 5.32 Å². The number of nitrogens with zero attached hydrogens (tertiary/aromatic N) is 1. The van der Waals surface area contributed by atoms with Crippen molar-refractivity contribution in [3.63, 3.8) is 0 Å². The van der Waals surface area contributed by atoms with E-state index in [1.807, 2.05) is 6.07 Å². The summed E-state index contributed by atoms with van der Waals surface area (Å²) >= 11 is 0. The zero-order chi connectivity index (χ0) is 20.1. The number of methoxy groups -OCH3 is 1. The molecule has 28 heavy (non-hydrogen) atoms. The van der Waals surface area contributed by atoms with Crippen molar-refractivity contribution in [1.29, 1.82) is 0 Å². The molecule has 1 fully saturated rings. The molecule has 148 valence electrons. The Balaban J connectivity index is 1.57. The van der Waals surface area contributed by atoms with E-state index < -0.39 is 12.5 Å². The van der Waals surface area contributed by atoms with E-state index in [1.165, 1.54) is 19.2 Å². The van der Waals surface area contributed by atoms with Gasteiger partial charge in [-0.25, -0.2) is 0 Å². The highest BCUT2D eigenvalue weighted by molar-refractivity contribution is 6.01. The fraction of sp³-hybridized carbons (Fsp3) is 0.300. The normalized spacial score (nSPS) is 16.4. The molecule has 3 rings (SSSR count). The Hall–Kier alpha value is -3.16. The number of rotatable bonds is 7. The van der Waals surface area contributed by atoms with Crippen LogP contribution in [-0.4, -0.2) is 32.1 Å². The number of halogens is 2. The van der Waals surface area contributed by atoms with Crippen molar-refractivity contribution < 1.29 is 27.8 Å². The maximum atomic E-state index is 12.5. The number of benzene rings is 2. The molecule has 0 aliphatic carbocycles. The Labute approximate surface area is 161 Å². The average Bonchev–Trinajstić information content (AvgIpc) is 3.08. The van der Waals surface area contributed by atoms with Crippen LogP contribution in [-0.2, 0) is 16.1 Å². The van der Waals surface area contributed by atoms with E-state index in [1.54, 1.807) is 35.2 Å². The minimum absolute atomic E-state index is 0.0546. The van der Waals surface area contributed by atoms with Crippen molar-refractivity contribution >= 4 is 17.5 Å². The Morgan fingerprint density at radius 3 is 2.61 bits per heavy atom. The number of carbonyl (C=O) groups is 2. The molecular formula is C20H20F2N2O4. The first-order chi connectivity index (χ1) is 13.5. The predicted molar refractivity (Wildman–Crippen MR) is 98.4 cm³/mol. The average molecular weight is 390 g/mol. The number of amides is 2. The van der Waals surface area contributed by atoms with Gasteiger partial charge in [-0.1, -0.05) is 24.3 Å². The summed E-state index contributed by atoms with van der Waals surface area (Å²) in [6.07, 6.45) is 0.116. The van der Waals surface area contributed by atoms with Gasteiger partial charge in [0.05, 0.1) is 18.7 Å². The third kappa shape index (κ3) is 4.57. The third-order valence-corrected chi connectivity index (χ3v) is 4.49. The van der Waals surface area contributed by atoms with Crippen molar-refractivity contribution in [3.8, 4) is 11.5 Å². The maximum absolute atomic E-state index is 12.5. The lowest BCUT2D eigenvalue weighted by atomic mass is 10.1. The van der Waals surface area contributed by atoms with Gasteiger partial charge in [0.15, 0.2) is 0 Å². The molecule has 1 atom stereocenters. The van der Waals surface area contributed by atoms with Crippen LogP contribution in [0.1, 0.15) is 12.0 Å². The molecule has 1 heterocycles. The first kappa shape index (κ1) is 19.6. The van der Waals surface area contributed by atoms with Crippen LogP contribution in [0.5, 0.6) is 11.5 Å². The molecule has 0 bridgehead atoms. The highest BCUT2D eigenvalue weighted by Crippen LogP contribution is 2.32. The van der Waals surface area contributed by atoms with Gasteiger partial charge < -0.3 is 19.7 Å². The number of hydrogen-bond donors (Lipinski definition) is 1. The molecule has 1 aliphatic rings. The Morgan fingerprint density at radius 2 is 1.93 bits per heavy atom. The molecule has 2 amide bonds. The van der Waals surface area contributed by atoms with Crippen LogP contribution in [0.2, 0.25) is 0 Å². The predicted octanol–water partition coefficient (Wildman–Crippen LogP) is 2.97. The number of carbonyl (C=O) groups excluding carboxylic acids is 2. The fourth-order valence-corrected chi connectivity index (χ4v) is 3.09. The van der Waals surface area contributed by atoms with Crippen LogP contribution in [0.4, 0.5) is 14.5 Å². The third-order valence-electron chi connectivity index (χ3n) is 4.49. The van der Waals surface area contributed by atoms with Crippen LogP contribution >= 0.6 is 0 Å². The summed E-state index contributed by atoms with van der Waals surface area (Å²) in [5, 5.41) is 2.78. The molecule has 0 spiro atoms. The molecular weight excluding hydrogens is 370 g/mol. The molecule has 1 saturated heterocycles. The summed E-state index contributed by atoms with van der Waals surface area (Å²) in [6.45, 7) is -2.38. The molecule has 2 aromatic carbocycles. The van der Waals surface area contributed by atoms with Crippen molar-refractivity contribution in [3.05, 3.63) is 54.1 Å². The molecule has 0 radical (unpaired) electrons. The van der Waals surface area contributed by atoms with Gasteiger partial charge in [-0.05, 0) is 29.8 Å². The standard InChI is InChI=1S/C20H20F2N2O4/c1-27-17-5-3-2-4-16(17)24-12-14(10-18(24)25)19(26)23-11-13-6-8-15(9-7-13)28-20(21)22/h2-9,14,20H,10-12H2,1H3,(H,23,26). The van der Waals surface area contributed by atoms with Gasteiger partial charge in [-0.15, -0.1) is 0 Å². The molecule has 8 heteroatoms. The number of para-hydroxylation sites is 2. The maximum Gasteiger partial charge on any atom is 0.387 e. The quantitative estimate of drug-likeness (QED) is 0.789.